The molecule has 5 nitrogen and oxygen atoms in total. The van der Waals surface area contributed by atoms with Crippen LogP contribution in [0.25, 0.3) is 0 Å². The SMILES string of the molecule is C[C@@H](Oc1cccc(Cl)c1Cl)C(=O)Nc1cc(C(=O)N(C)C)ccc1Cl. The summed E-state index contributed by atoms with van der Waals surface area (Å²) < 4.78 is 5.57. The number of hydrogen-bond acceptors (Lipinski definition) is 3. The van der Waals surface area contributed by atoms with Crippen molar-refractivity contribution in [1.29, 1.82) is 0 Å². The van der Waals surface area contributed by atoms with E-state index in [1.54, 1.807) is 51.4 Å². The molecule has 0 fully saturated rings. The molecule has 2 rings (SSSR count). The van der Waals surface area contributed by atoms with Crippen molar-refractivity contribution in [2.24, 2.45) is 0 Å². The molecule has 0 saturated carbocycles. The predicted octanol–water partition coefficient (Wildman–Crippen LogP) is 4.75. The summed E-state index contributed by atoms with van der Waals surface area (Å²) in [6, 6.07) is 9.55. The highest BCUT2D eigenvalue weighted by Gasteiger charge is 2.19. The second-order valence-electron chi connectivity index (χ2n) is 5.70. The third-order valence-electron chi connectivity index (χ3n) is 3.47. The zero-order valence-corrected chi connectivity index (χ0v) is 16.6. The minimum absolute atomic E-state index is 0.202. The van der Waals surface area contributed by atoms with Crippen molar-refractivity contribution in [3.8, 4) is 5.75 Å². The van der Waals surface area contributed by atoms with Gasteiger partial charge in [0.2, 0.25) is 0 Å². The zero-order valence-electron chi connectivity index (χ0n) is 14.3. The van der Waals surface area contributed by atoms with E-state index < -0.39 is 12.0 Å². The van der Waals surface area contributed by atoms with Crippen molar-refractivity contribution in [1.82, 2.24) is 4.90 Å². The van der Waals surface area contributed by atoms with Gasteiger partial charge in [-0.1, -0.05) is 40.9 Å². The van der Waals surface area contributed by atoms with Gasteiger partial charge >= 0.3 is 0 Å². The van der Waals surface area contributed by atoms with Crippen molar-refractivity contribution >= 4 is 52.3 Å². The number of carbonyl (C=O) groups is 2. The van der Waals surface area contributed by atoms with E-state index in [0.717, 1.165) is 0 Å². The van der Waals surface area contributed by atoms with Crippen molar-refractivity contribution in [2.75, 3.05) is 19.4 Å². The van der Waals surface area contributed by atoms with Crippen LogP contribution >= 0.6 is 34.8 Å². The van der Waals surface area contributed by atoms with E-state index in [1.165, 1.54) is 11.0 Å². The Balaban J connectivity index is 2.15. The Bertz CT molecular complexity index is 840. The average molecular weight is 416 g/mol. The summed E-state index contributed by atoms with van der Waals surface area (Å²) in [6.07, 6.45) is -0.866. The van der Waals surface area contributed by atoms with Crippen molar-refractivity contribution in [3.63, 3.8) is 0 Å². The number of ether oxygens (including phenoxy) is 1. The maximum absolute atomic E-state index is 12.4. The van der Waals surface area contributed by atoms with Gasteiger partial charge in [0.1, 0.15) is 10.8 Å². The first-order valence-electron chi connectivity index (χ1n) is 7.63. The van der Waals surface area contributed by atoms with Gasteiger partial charge in [0, 0.05) is 19.7 Å². The molecule has 0 saturated heterocycles. The molecule has 2 aromatic carbocycles. The van der Waals surface area contributed by atoms with Crippen LogP contribution in [0.1, 0.15) is 17.3 Å². The van der Waals surface area contributed by atoms with Crippen LogP contribution in [-0.2, 0) is 4.79 Å². The van der Waals surface area contributed by atoms with Crippen LogP contribution in [0.2, 0.25) is 15.1 Å². The molecule has 2 aromatic rings. The lowest BCUT2D eigenvalue weighted by Crippen LogP contribution is -2.30. The van der Waals surface area contributed by atoms with Gasteiger partial charge in [0.15, 0.2) is 6.10 Å². The third-order valence-corrected chi connectivity index (χ3v) is 4.60. The van der Waals surface area contributed by atoms with E-state index in [0.29, 0.717) is 27.0 Å². The highest BCUT2D eigenvalue weighted by atomic mass is 35.5. The van der Waals surface area contributed by atoms with Gasteiger partial charge in [-0.3, -0.25) is 9.59 Å². The van der Waals surface area contributed by atoms with Crippen molar-refractivity contribution in [3.05, 3.63) is 57.0 Å². The quantitative estimate of drug-likeness (QED) is 0.766. The van der Waals surface area contributed by atoms with Crippen LogP contribution in [0.4, 0.5) is 5.69 Å². The van der Waals surface area contributed by atoms with Crippen LogP contribution in [0.15, 0.2) is 36.4 Å². The molecular weight excluding hydrogens is 399 g/mol. The predicted molar refractivity (Wildman–Crippen MR) is 105 cm³/mol. The van der Waals surface area contributed by atoms with Gasteiger partial charge in [-0.05, 0) is 37.3 Å². The Labute approximate surface area is 166 Å². The fourth-order valence-electron chi connectivity index (χ4n) is 2.07. The molecule has 1 N–H and O–H groups in total. The summed E-state index contributed by atoms with van der Waals surface area (Å²) in [5, 5.41) is 3.52. The van der Waals surface area contributed by atoms with E-state index in [9.17, 15) is 9.59 Å². The van der Waals surface area contributed by atoms with Crippen LogP contribution < -0.4 is 10.1 Å². The van der Waals surface area contributed by atoms with E-state index in [2.05, 4.69) is 5.32 Å². The molecule has 0 bridgehead atoms. The zero-order chi connectivity index (χ0) is 19.4. The van der Waals surface area contributed by atoms with E-state index >= 15 is 0 Å². The standard InChI is InChI=1S/C18H17Cl3N2O3/c1-10(26-15-6-4-5-13(20)16(15)21)17(24)22-14-9-11(7-8-12(14)19)18(25)23(2)3/h4-10H,1-3H3,(H,22,24)/t10-/m1/s1. The lowest BCUT2D eigenvalue weighted by Gasteiger charge is -2.17. The van der Waals surface area contributed by atoms with Gasteiger partial charge in [-0.2, -0.15) is 0 Å². The van der Waals surface area contributed by atoms with Crippen molar-refractivity contribution in [2.45, 2.75) is 13.0 Å². The first kappa shape index (κ1) is 20.4. The molecule has 8 heteroatoms. The van der Waals surface area contributed by atoms with Crippen LogP contribution in [0.3, 0.4) is 0 Å². The molecule has 2 amide bonds. The summed E-state index contributed by atoms with van der Waals surface area (Å²) in [5.41, 5.74) is 0.721. The van der Waals surface area contributed by atoms with Crippen LogP contribution in [-0.4, -0.2) is 36.9 Å². The topological polar surface area (TPSA) is 58.6 Å². The van der Waals surface area contributed by atoms with E-state index in [-0.39, 0.29) is 10.9 Å². The maximum Gasteiger partial charge on any atom is 0.265 e. The van der Waals surface area contributed by atoms with Gasteiger partial charge in [0.05, 0.1) is 15.7 Å². The first-order valence-corrected chi connectivity index (χ1v) is 8.77. The van der Waals surface area contributed by atoms with E-state index in [4.69, 9.17) is 39.5 Å². The van der Waals surface area contributed by atoms with Gasteiger partial charge in [-0.15, -0.1) is 0 Å². The number of nitrogens with one attached hydrogen (secondary N) is 1. The maximum atomic E-state index is 12.4. The molecule has 0 aromatic heterocycles. The summed E-state index contributed by atoms with van der Waals surface area (Å²) in [6.45, 7) is 1.56. The van der Waals surface area contributed by atoms with E-state index in [1.807, 2.05) is 0 Å². The van der Waals surface area contributed by atoms with Gasteiger partial charge in [0.25, 0.3) is 11.8 Å². The molecular formula is C18H17Cl3N2O3. The highest BCUT2D eigenvalue weighted by molar-refractivity contribution is 6.42. The minimum atomic E-state index is -0.866. The number of carbonyl (C=O) groups excluding carboxylic acids is 2. The second-order valence-corrected chi connectivity index (χ2v) is 6.89. The lowest BCUT2D eigenvalue weighted by atomic mass is 10.1. The Kier molecular flexibility index (Phi) is 6.75. The molecule has 0 heterocycles. The number of rotatable bonds is 5. The molecule has 1 atom stereocenters. The number of halogens is 3. The largest absolute Gasteiger partial charge is 0.479 e. The van der Waals surface area contributed by atoms with Gasteiger partial charge < -0.3 is 15.0 Å². The molecule has 0 radical (unpaired) electrons. The van der Waals surface area contributed by atoms with Crippen molar-refractivity contribution < 1.29 is 14.3 Å². The van der Waals surface area contributed by atoms with Crippen LogP contribution in [0.5, 0.6) is 5.75 Å². The highest BCUT2D eigenvalue weighted by Crippen LogP contribution is 2.32. The monoisotopic (exact) mass is 414 g/mol. The average Bonchev–Trinajstić information content (AvgIpc) is 2.60. The Morgan fingerprint density at radius 2 is 1.77 bits per heavy atom. The minimum Gasteiger partial charge on any atom is -0.479 e. The summed E-state index contributed by atoms with van der Waals surface area (Å²) in [4.78, 5) is 25.9. The lowest BCUT2D eigenvalue weighted by molar-refractivity contribution is -0.122. The van der Waals surface area contributed by atoms with Gasteiger partial charge in [-0.25, -0.2) is 0 Å². The second kappa shape index (κ2) is 8.62. The third kappa shape index (κ3) is 4.81. The number of nitrogens with zero attached hydrogens (tertiary/aromatic N) is 1. The number of benzene rings is 2. The fourth-order valence-corrected chi connectivity index (χ4v) is 2.57. The number of hydrogen-bond donors (Lipinski definition) is 1. The summed E-state index contributed by atoms with van der Waals surface area (Å²) >= 11 is 18.1. The normalized spacial score (nSPS) is 11.6. The Morgan fingerprint density at radius 3 is 2.42 bits per heavy atom. The Hall–Kier alpha value is -1.95. The number of amides is 2. The fraction of sp³-hybridized carbons (Fsp3) is 0.222. The molecule has 0 unspecified atom stereocenters. The molecule has 0 aliphatic rings. The Morgan fingerprint density at radius 1 is 1.08 bits per heavy atom. The first-order chi connectivity index (χ1) is 12.2. The van der Waals surface area contributed by atoms with Crippen LogP contribution in [0, 0.1) is 0 Å². The molecule has 0 aliphatic heterocycles. The molecule has 0 aliphatic carbocycles. The summed E-state index contributed by atoms with van der Waals surface area (Å²) in [7, 11) is 3.28. The molecule has 26 heavy (non-hydrogen) atoms. The molecule has 138 valence electrons. The smallest absolute Gasteiger partial charge is 0.265 e. The number of anilines is 1. The summed E-state index contributed by atoms with van der Waals surface area (Å²) in [5.74, 6) is -0.353. The molecule has 0 spiro atoms.